The van der Waals surface area contributed by atoms with Gasteiger partial charge in [0.2, 0.25) is 0 Å². The molecule has 0 saturated carbocycles. The zero-order valence-electron chi connectivity index (χ0n) is 13.7. The Bertz CT molecular complexity index is 362. The zero-order chi connectivity index (χ0) is 16.0. The number of hydrogen-bond acceptors (Lipinski definition) is 4. The molecule has 0 radical (unpaired) electrons. The minimum absolute atomic E-state index is 0.110. The Kier molecular flexibility index (Phi) is 6.88. The fraction of sp³-hybridized carbons (Fsp3) is 0.824. The van der Waals surface area contributed by atoms with Gasteiger partial charge in [-0.3, -0.25) is 4.79 Å². The van der Waals surface area contributed by atoms with Crippen molar-refractivity contribution in [2.45, 2.75) is 77.6 Å². The van der Waals surface area contributed by atoms with E-state index in [9.17, 15) is 15.0 Å². The van der Waals surface area contributed by atoms with Gasteiger partial charge in [0, 0.05) is 6.42 Å². The Morgan fingerprint density at radius 1 is 1.24 bits per heavy atom. The molecule has 2 N–H and O–H groups in total. The molecule has 122 valence electrons. The summed E-state index contributed by atoms with van der Waals surface area (Å²) in [5.74, 6) is 0.191. The summed E-state index contributed by atoms with van der Waals surface area (Å²) in [6.07, 6.45) is 5.94. The lowest BCUT2D eigenvalue weighted by molar-refractivity contribution is -0.151. The van der Waals surface area contributed by atoms with Crippen molar-refractivity contribution in [2.24, 2.45) is 11.8 Å². The highest BCUT2D eigenvalue weighted by molar-refractivity contribution is 5.69. The highest BCUT2D eigenvalue weighted by Crippen LogP contribution is 2.23. The quantitative estimate of drug-likeness (QED) is 0.533. The van der Waals surface area contributed by atoms with E-state index in [1.807, 2.05) is 13.8 Å². The topological polar surface area (TPSA) is 66.8 Å². The number of rotatable bonds is 0. The first-order valence-electron chi connectivity index (χ1n) is 8.00. The van der Waals surface area contributed by atoms with Crippen LogP contribution in [0.5, 0.6) is 0 Å². The van der Waals surface area contributed by atoms with Gasteiger partial charge < -0.3 is 14.9 Å². The molecule has 1 heterocycles. The third-order valence-electron chi connectivity index (χ3n) is 4.51. The molecule has 0 aliphatic carbocycles. The third-order valence-corrected chi connectivity index (χ3v) is 4.51. The lowest BCUT2D eigenvalue weighted by atomic mass is 9.91. The zero-order valence-corrected chi connectivity index (χ0v) is 13.7. The highest BCUT2D eigenvalue weighted by atomic mass is 16.5. The van der Waals surface area contributed by atoms with Gasteiger partial charge >= 0.3 is 5.97 Å². The molecule has 0 aromatic carbocycles. The molecule has 1 aliphatic rings. The predicted molar refractivity (Wildman–Crippen MR) is 82.7 cm³/mol. The van der Waals surface area contributed by atoms with E-state index in [0.29, 0.717) is 12.3 Å². The van der Waals surface area contributed by atoms with Crippen LogP contribution in [-0.4, -0.2) is 34.0 Å². The van der Waals surface area contributed by atoms with Crippen LogP contribution in [0.1, 0.15) is 59.8 Å². The van der Waals surface area contributed by atoms with Crippen molar-refractivity contribution in [3.05, 3.63) is 12.2 Å². The highest BCUT2D eigenvalue weighted by Gasteiger charge is 2.23. The van der Waals surface area contributed by atoms with E-state index in [1.54, 1.807) is 19.1 Å². The fourth-order valence-corrected chi connectivity index (χ4v) is 2.48. The van der Waals surface area contributed by atoms with Crippen LogP contribution in [-0.2, 0) is 9.53 Å². The fourth-order valence-electron chi connectivity index (χ4n) is 2.48. The average Bonchev–Trinajstić information content (AvgIpc) is 2.41. The second-order valence-electron chi connectivity index (χ2n) is 6.79. The van der Waals surface area contributed by atoms with Gasteiger partial charge in [-0.1, -0.05) is 32.4 Å². The number of ether oxygens (including phenoxy) is 1. The summed E-state index contributed by atoms with van der Waals surface area (Å²) in [6.45, 7) is 7.67. The van der Waals surface area contributed by atoms with E-state index in [-0.39, 0.29) is 24.4 Å². The minimum Gasteiger partial charge on any atom is -0.462 e. The molecule has 0 aromatic rings. The molecule has 21 heavy (non-hydrogen) atoms. The van der Waals surface area contributed by atoms with Crippen molar-refractivity contribution < 1.29 is 19.7 Å². The summed E-state index contributed by atoms with van der Waals surface area (Å²) >= 11 is 0. The van der Waals surface area contributed by atoms with Gasteiger partial charge in [-0.2, -0.15) is 0 Å². The molecule has 4 heteroatoms. The van der Waals surface area contributed by atoms with Crippen LogP contribution in [0.3, 0.4) is 0 Å². The monoisotopic (exact) mass is 298 g/mol. The number of esters is 1. The molecule has 0 amide bonds. The smallest absolute Gasteiger partial charge is 0.306 e. The second kappa shape index (κ2) is 7.95. The van der Waals surface area contributed by atoms with Crippen LogP contribution in [0.15, 0.2) is 12.2 Å². The van der Waals surface area contributed by atoms with Crippen molar-refractivity contribution in [2.75, 3.05) is 0 Å². The van der Waals surface area contributed by atoms with E-state index in [2.05, 4.69) is 6.92 Å². The van der Waals surface area contributed by atoms with Gasteiger partial charge in [0.1, 0.15) is 6.10 Å². The predicted octanol–water partition coefficient (Wildman–Crippen LogP) is 2.82. The van der Waals surface area contributed by atoms with Crippen molar-refractivity contribution in [3.8, 4) is 0 Å². The normalized spacial score (nSPS) is 41.9. The van der Waals surface area contributed by atoms with Crippen LogP contribution in [0.4, 0.5) is 0 Å². The number of carbonyl (C=O) groups excluding carboxylic acids is 1. The Balaban J connectivity index is 2.78. The molecule has 0 spiro atoms. The van der Waals surface area contributed by atoms with E-state index < -0.39 is 11.7 Å². The Morgan fingerprint density at radius 2 is 1.86 bits per heavy atom. The maximum atomic E-state index is 11.8. The first-order valence-corrected chi connectivity index (χ1v) is 8.00. The molecular formula is C17H30O4. The average molecular weight is 298 g/mol. The summed E-state index contributed by atoms with van der Waals surface area (Å²) in [5.41, 5.74) is -1.10. The summed E-state index contributed by atoms with van der Waals surface area (Å²) in [7, 11) is 0. The Hall–Kier alpha value is -0.870. The van der Waals surface area contributed by atoms with Crippen molar-refractivity contribution in [3.63, 3.8) is 0 Å². The molecule has 1 rings (SSSR count). The molecule has 0 saturated heterocycles. The number of aliphatic hydroxyl groups excluding tert-OH is 1. The standard InChI is InChI=1S/C17H30O4/c1-12-6-5-7-13(2)15(18)8-10-17(4,20)11-9-16(19)21-14(12)3/h8,10,12-15,18,20H,5-7,9,11H2,1-4H3/b10-8+/t12-,13?,14+,15-,17+/m0/s1. The van der Waals surface area contributed by atoms with Crippen LogP contribution >= 0.6 is 0 Å². The minimum atomic E-state index is -1.10. The van der Waals surface area contributed by atoms with Gasteiger partial charge in [0.05, 0.1) is 11.7 Å². The van der Waals surface area contributed by atoms with Gasteiger partial charge in [-0.05, 0) is 44.9 Å². The Morgan fingerprint density at radius 3 is 2.52 bits per heavy atom. The number of hydrogen-bond donors (Lipinski definition) is 2. The van der Waals surface area contributed by atoms with Crippen LogP contribution in [0, 0.1) is 11.8 Å². The van der Waals surface area contributed by atoms with E-state index in [0.717, 1.165) is 19.3 Å². The van der Waals surface area contributed by atoms with Gasteiger partial charge in [-0.15, -0.1) is 0 Å². The van der Waals surface area contributed by atoms with Gasteiger partial charge in [0.25, 0.3) is 0 Å². The molecule has 0 bridgehead atoms. The maximum Gasteiger partial charge on any atom is 0.306 e. The molecule has 5 atom stereocenters. The molecular weight excluding hydrogens is 268 g/mol. The van der Waals surface area contributed by atoms with Crippen molar-refractivity contribution in [1.29, 1.82) is 0 Å². The summed E-state index contributed by atoms with van der Waals surface area (Å²) in [4.78, 5) is 11.8. The maximum absolute atomic E-state index is 11.8. The molecule has 0 fully saturated rings. The lowest BCUT2D eigenvalue weighted by Crippen LogP contribution is -2.27. The SMILES string of the molecule is CC1CCC[C@H](C)[C@@H](C)OC(=O)CC[C@](C)(O)/C=C/[C@@H]1O. The first-order chi connectivity index (χ1) is 9.71. The first kappa shape index (κ1) is 18.2. The summed E-state index contributed by atoms with van der Waals surface area (Å²) in [5, 5.41) is 20.3. The van der Waals surface area contributed by atoms with Gasteiger partial charge in [-0.25, -0.2) is 0 Å². The van der Waals surface area contributed by atoms with Crippen LogP contribution < -0.4 is 0 Å². The number of carbonyl (C=O) groups is 1. The second-order valence-corrected chi connectivity index (χ2v) is 6.79. The summed E-state index contributed by atoms with van der Waals surface area (Å²) in [6, 6.07) is 0. The van der Waals surface area contributed by atoms with E-state index in [4.69, 9.17) is 4.74 Å². The van der Waals surface area contributed by atoms with Crippen molar-refractivity contribution >= 4 is 5.97 Å². The van der Waals surface area contributed by atoms with Gasteiger partial charge in [0.15, 0.2) is 0 Å². The van der Waals surface area contributed by atoms with E-state index in [1.165, 1.54) is 0 Å². The number of cyclic esters (lactones) is 1. The molecule has 1 aliphatic heterocycles. The molecule has 1 unspecified atom stereocenters. The largest absolute Gasteiger partial charge is 0.462 e. The van der Waals surface area contributed by atoms with Crippen molar-refractivity contribution in [1.82, 2.24) is 0 Å². The molecule has 4 nitrogen and oxygen atoms in total. The lowest BCUT2D eigenvalue weighted by Gasteiger charge is -2.25. The number of aliphatic hydroxyl groups is 2. The van der Waals surface area contributed by atoms with Crippen LogP contribution in [0.25, 0.3) is 0 Å². The molecule has 0 aromatic heterocycles. The Labute approximate surface area is 128 Å². The van der Waals surface area contributed by atoms with Crippen LogP contribution in [0.2, 0.25) is 0 Å². The third kappa shape index (κ3) is 6.62. The van der Waals surface area contributed by atoms with E-state index >= 15 is 0 Å². The summed E-state index contributed by atoms with van der Waals surface area (Å²) < 4.78 is 5.43.